The van der Waals surface area contributed by atoms with Crippen molar-refractivity contribution in [2.45, 2.75) is 97.8 Å². The number of anilines is 3. The van der Waals surface area contributed by atoms with Crippen LogP contribution in [0.4, 0.5) is 17.8 Å². The summed E-state index contributed by atoms with van der Waals surface area (Å²) in [5.41, 5.74) is 5.99. The van der Waals surface area contributed by atoms with Crippen LogP contribution in [0.1, 0.15) is 97.8 Å². The summed E-state index contributed by atoms with van der Waals surface area (Å²) in [7, 11) is 0. The fourth-order valence-electron chi connectivity index (χ4n) is 3.22. The summed E-state index contributed by atoms with van der Waals surface area (Å²) >= 11 is 0. The first-order chi connectivity index (χ1) is 13.6. The van der Waals surface area contributed by atoms with Gasteiger partial charge in [0, 0.05) is 19.6 Å². The van der Waals surface area contributed by atoms with Gasteiger partial charge in [0.1, 0.15) is 0 Å². The van der Waals surface area contributed by atoms with Crippen LogP contribution in [0.25, 0.3) is 0 Å². The number of aromatic nitrogens is 3. The van der Waals surface area contributed by atoms with E-state index in [0.29, 0.717) is 11.9 Å². The highest BCUT2D eigenvalue weighted by Gasteiger charge is 2.15. The Labute approximate surface area is 172 Å². The normalized spacial score (nSPS) is 11.0. The molecule has 1 heterocycles. The third kappa shape index (κ3) is 10.1. The molecule has 28 heavy (non-hydrogen) atoms. The van der Waals surface area contributed by atoms with Crippen molar-refractivity contribution in [3.63, 3.8) is 0 Å². The number of hydrazine groups is 1. The number of nitrogens with two attached hydrogens (primary N) is 2. The summed E-state index contributed by atoms with van der Waals surface area (Å²) in [6.07, 6.45) is 14.4. The highest BCUT2D eigenvalue weighted by Crippen LogP contribution is 2.17. The number of nitrogen functional groups attached to an aromatic ring is 1. The Hall–Kier alpha value is -1.63. The third-order valence-electron chi connectivity index (χ3n) is 4.98. The molecule has 4 N–H and O–H groups in total. The Kier molecular flexibility index (Phi) is 13.3. The maximum absolute atomic E-state index is 6.20. The second-order valence-electron chi connectivity index (χ2n) is 7.66. The van der Waals surface area contributed by atoms with Crippen molar-refractivity contribution in [1.29, 1.82) is 0 Å². The van der Waals surface area contributed by atoms with Gasteiger partial charge >= 0.3 is 0 Å². The lowest BCUT2D eigenvalue weighted by Crippen LogP contribution is -2.35. The lowest BCUT2D eigenvalue weighted by molar-refractivity contribution is 0.599. The van der Waals surface area contributed by atoms with Crippen molar-refractivity contribution in [3.05, 3.63) is 0 Å². The van der Waals surface area contributed by atoms with Gasteiger partial charge in [-0.2, -0.15) is 15.0 Å². The molecule has 1 aromatic rings. The topological polar surface area (TPSA) is 97.2 Å². The molecule has 0 fully saturated rings. The van der Waals surface area contributed by atoms with E-state index in [0.717, 1.165) is 38.9 Å². The van der Waals surface area contributed by atoms with E-state index in [1.807, 2.05) is 0 Å². The van der Waals surface area contributed by atoms with E-state index in [1.54, 1.807) is 5.01 Å². The fourth-order valence-corrected chi connectivity index (χ4v) is 3.22. The molecule has 0 unspecified atom stereocenters. The second kappa shape index (κ2) is 15.3. The van der Waals surface area contributed by atoms with Crippen LogP contribution in [0.2, 0.25) is 0 Å². The van der Waals surface area contributed by atoms with Gasteiger partial charge in [0.05, 0.1) is 0 Å². The van der Waals surface area contributed by atoms with Gasteiger partial charge in [-0.25, -0.2) is 5.84 Å². The van der Waals surface area contributed by atoms with Crippen molar-refractivity contribution in [2.24, 2.45) is 5.84 Å². The largest absolute Gasteiger partial charge is 0.368 e. The predicted molar refractivity (Wildman–Crippen MR) is 120 cm³/mol. The van der Waals surface area contributed by atoms with Gasteiger partial charge in [0.25, 0.3) is 0 Å². The molecule has 0 aliphatic carbocycles. The lowest BCUT2D eigenvalue weighted by Gasteiger charge is -2.24. The highest BCUT2D eigenvalue weighted by molar-refractivity contribution is 5.42. The summed E-state index contributed by atoms with van der Waals surface area (Å²) in [4.78, 5) is 15.6. The zero-order valence-electron chi connectivity index (χ0n) is 18.5. The minimum absolute atomic E-state index is 0.246. The molecule has 1 rings (SSSR count). The van der Waals surface area contributed by atoms with Gasteiger partial charge in [-0.1, -0.05) is 78.6 Å². The minimum Gasteiger partial charge on any atom is -0.368 e. The Balaban J connectivity index is 2.77. The number of hydrogen-bond donors (Lipinski definition) is 2. The Bertz CT molecular complexity index is 498. The first-order valence-electron chi connectivity index (χ1n) is 11.4. The standard InChI is InChI=1S/C21H43N7/c1-4-7-10-13-16-27(17-14-11-8-5-2)20-24-19(22)25-21(26-20)28(23)18-15-12-9-6-3/h4-18,23H2,1-3H3,(H2,22,24,25,26). The van der Waals surface area contributed by atoms with Crippen LogP contribution in [-0.4, -0.2) is 34.6 Å². The monoisotopic (exact) mass is 393 g/mol. The molecule has 0 amide bonds. The number of hydrogen-bond acceptors (Lipinski definition) is 7. The molecule has 0 bridgehead atoms. The van der Waals surface area contributed by atoms with E-state index >= 15 is 0 Å². The maximum atomic E-state index is 6.20. The van der Waals surface area contributed by atoms with Crippen LogP contribution in [0.15, 0.2) is 0 Å². The molecule has 0 atom stereocenters. The quantitative estimate of drug-likeness (QED) is 0.225. The fraction of sp³-hybridized carbons (Fsp3) is 0.857. The van der Waals surface area contributed by atoms with Gasteiger partial charge in [-0.3, -0.25) is 5.01 Å². The lowest BCUT2D eigenvalue weighted by atomic mass is 10.2. The Morgan fingerprint density at radius 2 is 1.07 bits per heavy atom. The first-order valence-corrected chi connectivity index (χ1v) is 11.4. The number of rotatable bonds is 17. The molecule has 162 valence electrons. The molecule has 0 aliphatic heterocycles. The summed E-state index contributed by atoms with van der Waals surface area (Å²) in [6.45, 7) is 9.31. The molecule has 0 aliphatic rings. The maximum Gasteiger partial charge on any atom is 0.246 e. The molecule has 0 saturated heterocycles. The van der Waals surface area contributed by atoms with Crippen molar-refractivity contribution in [3.8, 4) is 0 Å². The minimum atomic E-state index is 0.246. The molecule has 0 spiro atoms. The average Bonchev–Trinajstić information content (AvgIpc) is 2.69. The van der Waals surface area contributed by atoms with Crippen LogP contribution < -0.4 is 21.5 Å². The van der Waals surface area contributed by atoms with Crippen LogP contribution >= 0.6 is 0 Å². The van der Waals surface area contributed by atoms with E-state index in [2.05, 4.69) is 40.6 Å². The van der Waals surface area contributed by atoms with Crippen LogP contribution in [0.5, 0.6) is 0 Å². The molecular formula is C21H43N7. The van der Waals surface area contributed by atoms with Gasteiger partial charge < -0.3 is 10.6 Å². The molecule has 0 saturated carbocycles. The zero-order chi connectivity index (χ0) is 20.6. The van der Waals surface area contributed by atoms with Crippen LogP contribution in [0.3, 0.4) is 0 Å². The summed E-state index contributed by atoms with van der Waals surface area (Å²) in [5, 5.41) is 1.61. The van der Waals surface area contributed by atoms with Crippen molar-refractivity contribution in [2.75, 3.05) is 35.3 Å². The predicted octanol–water partition coefficient (Wildman–Crippen LogP) is 4.68. The zero-order valence-corrected chi connectivity index (χ0v) is 18.5. The SMILES string of the molecule is CCCCCCN(N)c1nc(N)nc(N(CCCCCC)CCCCCC)n1. The van der Waals surface area contributed by atoms with E-state index in [1.165, 1.54) is 57.8 Å². The smallest absolute Gasteiger partial charge is 0.246 e. The number of nitrogens with zero attached hydrogens (tertiary/aromatic N) is 5. The van der Waals surface area contributed by atoms with E-state index in [-0.39, 0.29) is 5.95 Å². The first kappa shape index (κ1) is 24.4. The number of unbranched alkanes of at least 4 members (excludes halogenated alkanes) is 9. The van der Waals surface area contributed by atoms with E-state index < -0.39 is 0 Å². The van der Waals surface area contributed by atoms with Crippen LogP contribution in [-0.2, 0) is 0 Å². The van der Waals surface area contributed by atoms with Crippen molar-refractivity contribution >= 4 is 17.8 Å². The molecule has 7 nitrogen and oxygen atoms in total. The van der Waals surface area contributed by atoms with Crippen LogP contribution in [0, 0.1) is 0 Å². The Morgan fingerprint density at radius 1 is 0.607 bits per heavy atom. The van der Waals surface area contributed by atoms with E-state index in [4.69, 9.17) is 11.6 Å². The van der Waals surface area contributed by atoms with Gasteiger partial charge in [0.2, 0.25) is 17.8 Å². The highest BCUT2D eigenvalue weighted by atomic mass is 15.5. The summed E-state index contributed by atoms with van der Waals surface area (Å²) in [5.74, 6) is 7.59. The molecule has 0 radical (unpaired) electrons. The third-order valence-corrected chi connectivity index (χ3v) is 4.98. The van der Waals surface area contributed by atoms with Gasteiger partial charge in [0.15, 0.2) is 0 Å². The second-order valence-corrected chi connectivity index (χ2v) is 7.66. The molecule has 0 aromatic carbocycles. The molecular weight excluding hydrogens is 350 g/mol. The molecule has 1 aromatic heterocycles. The molecule has 7 heteroatoms. The van der Waals surface area contributed by atoms with Gasteiger partial charge in [-0.15, -0.1) is 0 Å². The van der Waals surface area contributed by atoms with Gasteiger partial charge in [-0.05, 0) is 19.3 Å². The Morgan fingerprint density at radius 3 is 1.57 bits per heavy atom. The van der Waals surface area contributed by atoms with E-state index in [9.17, 15) is 0 Å². The summed E-state index contributed by atoms with van der Waals surface area (Å²) in [6, 6.07) is 0. The average molecular weight is 394 g/mol. The summed E-state index contributed by atoms with van der Waals surface area (Å²) < 4.78 is 0. The van der Waals surface area contributed by atoms with Crippen molar-refractivity contribution < 1.29 is 0 Å². The van der Waals surface area contributed by atoms with Crippen molar-refractivity contribution in [1.82, 2.24) is 15.0 Å².